The van der Waals surface area contributed by atoms with Crippen LogP contribution in [0.5, 0.6) is 0 Å². The number of aryl methyl sites for hydroxylation is 2. The van der Waals surface area contributed by atoms with Crippen molar-refractivity contribution >= 4 is 16.2 Å². The highest BCUT2D eigenvalue weighted by Gasteiger charge is 2.15. The maximum atomic E-state index is 12.2. The van der Waals surface area contributed by atoms with Crippen LogP contribution in [0.1, 0.15) is 22.3 Å². The molecule has 0 saturated carbocycles. The van der Waals surface area contributed by atoms with Crippen LogP contribution in [0.25, 0.3) is 0 Å². The van der Waals surface area contributed by atoms with Gasteiger partial charge in [-0.1, -0.05) is 24.3 Å². The van der Waals surface area contributed by atoms with E-state index in [9.17, 15) is 8.42 Å². The lowest BCUT2D eigenvalue weighted by Crippen LogP contribution is -2.19. The Balaban J connectivity index is 2.17. The molecule has 0 aliphatic rings. The van der Waals surface area contributed by atoms with E-state index in [4.69, 9.17) is 5.26 Å². The minimum Gasteiger partial charge on any atom is -0.200 e. The van der Waals surface area contributed by atoms with Gasteiger partial charge in [-0.25, -0.2) is 4.83 Å². The highest BCUT2D eigenvalue weighted by Crippen LogP contribution is 2.16. The monoisotopic (exact) mass is 313 g/mol. The summed E-state index contributed by atoms with van der Waals surface area (Å²) < 4.78 is 24.5. The van der Waals surface area contributed by atoms with Gasteiger partial charge < -0.3 is 0 Å². The van der Waals surface area contributed by atoms with Crippen molar-refractivity contribution in [3.05, 3.63) is 64.7 Å². The molecule has 2 aromatic carbocycles. The molecule has 112 valence electrons. The zero-order valence-electron chi connectivity index (χ0n) is 12.2. The van der Waals surface area contributed by atoms with Crippen molar-refractivity contribution in [2.45, 2.75) is 18.7 Å². The minimum atomic E-state index is -3.70. The first-order chi connectivity index (χ1) is 10.4. The molecule has 0 spiro atoms. The molecule has 0 aromatic heterocycles. The quantitative estimate of drug-likeness (QED) is 0.695. The second-order valence-corrected chi connectivity index (χ2v) is 6.48. The third kappa shape index (κ3) is 3.71. The fourth-order valence-corrected chi connectivity index (χ4v) is 2.98. The summed E-state index contributed by atoms with van der Waals surface area (Å²) >= 11 is 0. The Morgan fingerprint density at radius 3 is 2.45 bits per heavy atom. The van der Waals surface area contributed by atoms with E-state index in [1.54, 1.807) is 43.3 Å². The van der Waals surface area contributed by atoms with Gasteiger partial charge in [0.15, 0.2) is 0 Å². The van der Waals surface area contributed by atoms with Crippen molar-refractivity contribution in [1.29, 1.82) is 5.26 Å². The fraction of sp³-hybridized carbons (Fsp3) is 0.125. The number of benzene rings is 2. The standard InChI is InChI=1S/C16H15N3O2S/c1-12-3-4-13(2)16(9-12)22(20,21)19-18-11-15-7-5-14(10-17)6-8-15/h3-9,11,19H,1-2H3/b18-11-. The Kier molecular flexibility index (Phi) is 4.59. The number of hydrogen-bond donors (Lipinski definition) is 1. The van der Waals surface area contributed by atoms with Gasteiger partial charge in [-0.15, -0.1) is 0 Å². The van der Waals surface area contributed by atoms with Gasteiger partial charge in [0.25, 0.3) is 10.0 Å². The van der Waals surface area contributed by atoms with Gasteiger partial charge in [0, 0.05) is 0 Å². The van der Waals surface area contributed by atoms with Crippen LogP contribution in [0.4, 0.5) is 0 Å². The Hall–Kier alpha value is -2.65. The average molecular weight is 313 g/mol. The van der Waals surface area contributed by atoms with Gasteiger partial charge in [0.05, 0.1) is 22.7 Å². The van der Waals surface area contributed by atoms with Crippen molar-refractivity contribution < 1.29 is 8.42 Å². The Bertz CT molecular complexity index is 848. The van der Waals surface area contributed by atoms with E-state index in [0.29, 0.717) is 16.7 Å². The molecule has 22 heavy (non-hydrogen) atoms. The predicted molar refractivity (Wildman–Crippen MR) is 85.0 cm³/mol. The van der Waals surface area contributed by atoms with Gasteiger partial charge in [-0.05, 0) is 48.7 Å². The van der Waals surface area contributed by atoms with Crippen LogP contribution < -0.4 is 4.83 Å². The smallest absolute Gasteiger partial charge is 0.200 e. The average Bonchev–Trinajstić information content (AvgIpc) is 2.50. The van der Waals surface area contributed by atoms with E-state index in [1.165, 1.54) is 6.21 Å². The SMILES string of the molecule is Cc1ccc(C)c(S(=O)(=O)N/N=C\c2ccc(C#N)cc2)c1. The van der Waals surface area contributed by atoms with Crippen LogP contribution in [0, 0.1) is 25.2 Å². The maximum Gasteiger partial charge on any atom is 0.276 e. The van der Waals surface area contributed by atoms with Crippen LogP contribution >= 0.6 is 0 Å². The number of nitrogens with zero attached hydrogens (tertiary/aromatic N) is 2. The van der Waals surface area contributed by atoms with Crippen molar-refractivity contribution in [2.24, 2.45) is 5.10 Å². The predicted octanol–water partition coefficient (Wildman–Crippen LogP) is 2.49. The summed E-state index contributed by atoms with van der Waals surface area (Å²) in [5.41, 5.74) is 2.75. The van der Waals surface area contributed by atoms with Gasteiger partial charge in [0.1, 0.15) is 0 Å². The first-order valence-corrected chi connectivity index (χ1v) is 8.03. The first-order valence-electron chi connectivity index (χ1n) is 6.55. The van der Waals surface area contributed by atoms with Gasteiger partial charge in [-0.3, -0.25) is 0 Å². The van der Waals surface area contributed by atoms with Crippen LogP contribution in [-0.2, 0) is 10.0 Å². The van der Waals surface area contributed by atoms with E-state index in [-0.39, 0.29) is 4.90 Å². The van der Waals surface area contributed by atoms with Crippen molar-refractivity contribution in [3.8, 4) is 6.07 Å². The molecule has 0 aliphatic heterocycles. The van der Waals surface area contributed by atoms with Crippen molar-refractivity contribution in [1.82, 2.24) is 4.83 Å². The molecule has 0 amide bonds. The summed E-state index contributed by atoms with van der Waals surface area (Å²) in [4.78, 5) is 2.41. The highest BCUT2D eigenvalue weighted by molar-refractivity contribution is 7.89. The van der Waals surface area contributed by atoms with E-state index in [1.807, 2.05) is 19.1 Å². The number of nitrogens with one attached hydrogen (secondary N) is 1. The zero-order valence-corrected chi connectivity index (χ0v) is 13.1. The van der Waals surface area contributed by atoms with E-state index < -0.39 is 10.0 Å². The molecule has 0 bridgehead atoms. The largest absolute Gasteiger partial charge is 0.276 e. The number of rotatable bonds is 4. The summed E-state index contributed by atoms with van der Waals surface area (Å²) in [5.74, 6) is 0. The van der Waals surface area contributed by atoms with Crippen molar-refractivity contribution in [2.75, 3.05) is 0 Å². The summed E-state index contributed by atoms with van der Waals surface area (Å²) in [6, 6.07) is 13.9. The van der Waals surface area contributed by atoms with Crippen LogP contribution in [0.2, 0.25) is 0 Å². The van der Waals surface area contributed by atoms with Gasteiger partial charge in [0.2, 0.25) is 0 Å². The molecule has 6 heteroatoms. The molecule has 0 fully saturated rings. The van der Waals surface area contributed by atoms with Crippen molar-refractivity contribution in [3.63, 3.8) is 0 Å². The van der Waals surface area contributed by atoms with Crippen LogP contribution in [0.15, 0.2) is 52.5 Å². The first kappa shape index (κ1) is 15.7. The van der Waals surface area contributed by atoms with Crippen LogP contribution in [0.3, 0.4) is 0 Å². The zero-order chi connectivity index (χ0) is 16.2. The number of sulfonamides is 1. The third-order valence-corrected chi connectivity index (χ3v) is 4.42. The Morgan fingerprint density at radius 1 is 1.14 bits per heavy atom. The summed E-state index contributed by atoms with van der Waals surface area (Å²) in [6.07, 6.45) is 1.39. The van der Waals surface area contributed by atoms with Gasteiger partial charge in [-0.2, -0.15) is 18.8 Å². The molecule has 0 unspecified atom stereocenters. The molecule has 0 heterocycles. The molecule has 2 rings (SSSR count). The number of hydrogen-bond acceptors (Lipinski definition) is 4. The molecule has 0 atom stereocenters. The molecule has 0 aliphatic carbocycles. The molecular weight excluding hydrogens is 298 g/mol. The normalized spacial score (nSPS) is 11.3. The number of nitriles is 1. The summed E-state index contributed by atoms with van der Waals surface area (Å²) in [7, 11) is -3.70. The highest BCUT2D eigenvalue weighted by atomic mass is 32.2. The van der Waals surface area contributed by atoms with Gasteiger partial charge >= 0.3 is 0 Å². The second kappa shape index (κ2) is 6.41. The fourth-order valence-electron chi connectivity index (χ4n) is 1.86. The lowest BCUT2D eigenvalue weighted by Gasteiger charge is -2.07. The minimum absolute atomic E-state index is 0.212. The number of hydrazone groups is 1. The Labute approximate surface area is 130 Å². The summed E-state index contributed by atoms with van der Waals surface area (Å²) in [5, 5.41) is 12.5. The Morgan fingerprint density at radius 2 is 1.82 bits per heavy atom. The van der Waals surface area contributed by atoms with E-state index in [2.05, 4.69) is 9.93 Å². The third-order valence-electron chi connectivity index (χ3n) is 3.06. The molecule has 0 saturated heterocycles. The maximum absolute atomic E-state index is 12.2. The molecule has 2 aromatic rings. The topological polar surface area (TPSA) is 82.3 Å². The summed E-state index contributed by atoms with van der Waals surface area (Å²) in [6.45, 7) is 3.57. The second-order valence-electron chi connectivity index (χ2n) is 4.86. The van der Waals surface area contributed by atoms with E-state index >= 15 is 0 Å². The van der Waals surface area contributed by atoms with Crippen LogP contribution in [-0.4, -0.2) is 14.6 Å². The lowest BCUT2D eigenvalue weighted by molar-refractivity contribution is 0.584. The molecule has 5 nitrogen and oxygen atoms in total. The molecule has 1 N–H and O–H groups in total. The molecule has 0 radical (unpaired) electrons. The molecular formula is C16H15N3O2S. The lowest BCUT2D eigenvalue weighted by atomic mass is 10.2. The van der Waals surface area contributed by atoms with E-state index in [0.717, 1.165) is 5.56 Å².